The van der Waals surface area contributed by atoms with Crippen LogP contribution in [-0.2, 0) is 0 Å². The molecule has 0 radical (unpaired) electrons. The second-order valence-corrected chi connectivity index (χ2v) is 4.11. The Morgan fingerprint density at radius 1 is 1.22 bits per heavy atom. The average molecular weight is 250 g/mol. The molecule has 0 bridgehead atoms. The summed E-state index contributed by atoms with van der Waals surface area (Å²) in [7, 11) is 0. The van der Waals surface area contributed by atoms with Crippen LogP contribution in [0.1, 0.15) is 23.2 Å². The number of ether oxygens (including phenoxy) is 2. The molecule has 1 aromatic carbocycles. The second-order valence-electron chi connectivity index (χ2n) is 4.11. The lowest BCUT2D eigenvalue weighted by atomic mass is 10.1. The molecule has 5 nitrogen and oxygen atoms in total. The van der Waals surface area contributed by atoms with E-state index in [1.54, 1.807) is 18.2 Å². The lowest BCUT2D eigenvalue weighted by molar-refractivity contribution is 0.0952. The summed E-state index contributed by atoms with van der Waals surface area (Å²) in [6.07, 6.45) is 1.81. The molecule has 0 aromatic heterocycles. The predicted octanol–water partition coefficient (Wildman–Crippen LogP) is 0.927. The van der Waals surface area contributed by atoms with Crippen LogP contribution >= 0.6 is 0 Å². The smallest absolute Gasteiger partial charge is 0.251 e. The predicted molar refractivity (Wildman–Crippen MR) is 68.1 cm³/mol. The van der Waals surface area contributed by atoms with E-state index in [9.17, 15) is 4.79 Å². The van der Waals surface area contributed by atoms with Crippen LogP contribution in [0.2, 0.25) is 0 Å². The molecule has 1 heterocycles. The minimum absolute atomic E-state index is 0.0935. The number of nitrogens with two attached hydrogens (primary N) is 1. The Morgan fingerprint density at radius 2 is 2.00 bits per heavy atom. The maximum Gasteiger partial charge on any atom is 0.251 e. The molecular formula is C13H18N2O3. The molecule has 1 amide bonds. The van der Waals surface area contributed by atoms with Crippen LogP contribution in [0.5, 0.6) is 11.5 Å². The van der Waals surface area contributed by atoms with E-state index in [0.29, 0.717) is 43.4 Å². The van der Waals surface area contributed by atoms with Crippen molar-refractivity contribution in [2.24, 2.45) is 5.73 Å². The molecule has 3 N–H and O–H groups in total. The molecule has 2 rings (SSSR count). The van der Waals surface area contributed by atoms with Gasteiger partial charge in [-0.3, -0.25) is 4.79 Å². The van der Waals surface area contributed by atoms with Gasteiger partial charge in [0.2, 0.25) is 0 Å². The molecule has 0 saturated carbocycles. The zero-order valence-electron chi connectivity index (χ0n) is 10.3. The number of rotatable bonds is 5. The summed E-state index contributed by atoms with van der Waals surface area (Å²) in [5.41, 5.74) is 5.98. The molecule has 1 aliphatic heterocycles. The number of carbonyl (C=O) groups excluding carboxylic acids is 1. The standard InChI is InChI=1S/C13H18N2O3/c14-5-1-2-6-15-13(16)10-3-4-11-12(9-10)18-8-7-17-11/h3-4,9H,1-2,5-8,14H2,(H,15,16). The summed E-state index contributed by atoms with van der Waals surface area (Å²) >= 11 is 0. The third kappa shape index (κ3) is 3.13. The number of unbranched alkanes of at least 4 members (excludes halogenated alkanes) is 1. The summed E-state index contributed by atoms with van der Waals surface area (Å²) in [6, 6.07) is 5.22. The van der Waals surface area contributed by atoms with Gasteiger partial charge in [0.15, 0.2) is 11.5 Å². The molecule has 1 aliphatic rings. The lowest BCUT2D eigenvalue weighted by Crippen LogP contribution is -2.25. The highest BCUT2D eigenvalue weighted by Crippen LogP contribution is 2.30. The van der Waals surface area contributed by atoms with Crippen LogP contribution in [-0.4, -0.2) is 32.2 Å². The van der Waals surface area contributed by atoms with Crippen molar-refractivity contribution in [3.8, 4) is 11.5 Å². The molecule has 1 aromatic rings. The van der Waals surface area contributed by atoms with Crippen molar-refractivity contribution in [2.45, 2.75) is 12.8 Å². The molecule has 18 heavy (non-hydrogen) atoms. The van der Waals surface area contributed by atoms with Gasteiger partial charge in [0, 0.05) is 12.1 Å². The van der Waals surface area contributed by atoms with E-state index < -0.39 is 0 Å². The van der Waals surface area contributed by atoms with Crippen LogP contribution < -0.4 is 20.5 Å². The highest BCUT2D eigenvalue weighted by molar-refractivity contribution is 5.94. The first-order chi connectivity index (χ1) is 8.81. The molecular weight excluding hydrogens is 232 g/mol. The first-order valence-electron chi connectivity index (χ1n) is 6.19. The Labute approximate surface area is 106 Å². The first kappa shape index (κ1) is 12.7. The third-order valence-corrected chi connectivity index (χ3v) is 2.72. The largest absolute Gasteiger partial charge is 0.486 e. The van der Waals surface area contributed by atoms with E-state index in [-0.39, 0.29) is 5.91 Å². The SMILES string of the molecule is NCCCCNC(=O)c1ccc2c(c1)OCCO2. The van der Waals surface area contributed by atoms with Gasteiger partial charge in [0.05, 0.1) is 0 Å². The molecule has 0 aliphatic carbocycles. The van der Waals surface area contributed by atoms with E-state index in [4.69, 9.17) is 15.2 Å². The number of carbonyl (C=O) groups is 1. The second kappa shape index (κ2) is 6.26. The highest BCUT2D eigenvalue weighted by atomic mass is 16.6. The highest BCUT2D eigenvalue weighted by Gasteiger charge is 2.14. The zero-order chi connectivity index (χ0) is 12.8. The summed E-state index contributed by atoms with van der Waals surface area (Å²) in [5, 5.41) is 2.85. The average Bonchev–Trinajstić information content (AvgIpc) is 2.43. The van der Waals surface area contributed by atoms with E-state index in [2.05, 4.69) is 5.32 Å². The van der Waals surface area contributed by atoms with Gasteiger partial charge in [-0.2, -0.15) is 0 Å². The Balaban J connectivity index is 1.94. The van der Waals surface area contributed by atoms with Crippen molar-refractivity contribution >= 4 is 5.91 Å². The van der Waals surface area contributed by atoms with Crippen LogP contribution in [0, 0.1) is 0 Å². The molecule has 0 spiro atoms. The van der Waals surface area contributed by atoms with Crippen molar-refractivity contribution in [3.63, 3.8) is 0 Å². The van der Waals surface area contributed by atoms with Crippen molar-refractivity contribution < 1.29 is 14.3 Å². The van der Waals surface area contributed by atoms with Crippen LogP contribution in [0.4, 0.5) is 0 Å². The fourth-order valence-electron chi connectivity index (χ4n) is 1.76. The Hall–Kier alpha value is -1.75. The Kier molecular flexibility index (Phi) is 4.41. The van der Waals surface area contributed by atoms with E-state index in [0.717, 1.165) is 12.8 Å². The van der Waals surface area contributed by atoms with Crippen LogP contribution in [0.25, 0.3) is 0 Å². The number of benzene rings is 1. The van der Waals surface area contributed by atoms with Gasteiger partial charge in [-0.05, 0) is 37.6 Å². The van der Waals surface area contributed by atoms with Crippen molar-refractivity contribution in [2.75, 3.05) is 26.3 Å². The van der Waals surface area contributed by atoms with Crippen LogP contribution in [0.15, 0.2) is 18.2 Å². The summed E-state index contributed by atoms with van der Waals surface area (Å²) in [4.78, 5) is 11.9. The molecule has 0 unspecified atom stereocenters. The van der Waals surface area contributed by atoms with Gasteiger partial charge in [0.25, 0.3) is 5.91 Å². The number of nitrogens with one attached hydrogen (secondary N) is 1. The Bertz CT molecular complexity index is 421. The van der Waals surface area contributed by atoms with Gasteiger partial charge in [-0.25, -0.2) is 0 Å². The number of hydrogen-bond acceptors (Lipinski definition) is 4. The van der Waals surface area contributed by atoms with Gasteiger partial charge in [-0.15, -0.1) is 0 Å². The van der Waals surface area contributed by atoms with Crippen molar-refractivity contribution in [1.82, 2.24) is 5.32 Å². The third-order valence-electron chi connectivity index (χ3n) is 2.72. The summed E-state index contributed by atoms with van der Waals surface area (Å²) < 4.78 is 10.8. The fourth-order valence-corrected chi connectivity index (χ4v) is 1.76. The number of fused-ring (bicyclic) bond motifs is 1. The van der Waals surface area contributed by atoms with E-state index in [1.165, 1.54) is 0 Å². The molecule has 0 atom stereocenters. The summed E-state index contributed by atoms with van der Waals surface area (Å²) in [6.45, 7) is 2.37. The molecule has 5 heteroatoms. The number of amides is 1. The maximum absolute atomic E-state index is 11.9. The van der Waals surface area contributed by atoms with Crippen LogP contribution in [0.3, 0.4) is 0 Å². The Morgan fingerprint density at radius 3 is 2.78 bits per heavy atom. The number of hydrogen-bond donors (Lipinski definition) is 2. The fraction of sp³-hybridized carbons (Fsp3) is 0.462. The van der Waals surface area contributed by atoms with E-state index in [1.807, 2.05) is 0 Å². The minimum Gasteiger partial charge on any atom is -0.486 e. The van der Waals surface area contributed by atoms with Crippen molar-refractivity contribution in [3.05, 3.63) is 23.8 Å². The maximum atomic E-state index is 11.9. The van der Waals surface area contributed by atoms with Crippen molar-refractivity contribution in [1.29, 1.82) is 0 Å². The lowest BCUT2D eigenvalue weighted by Gasteiger charge is -2.18. The first-order valence-corrected chi connectivity index (χ1v) is 6.19. The van der Waals surface area contributed by atoms with Gasteiger partial charge >= 0.3 is 0 Å². The summed E-state index contributed by atoms with van der Waals surface area (Å²) in [5.74, 6) is 1.24. The normalized spacial score (nSPS) is 13.2. The van der Waals surface area contributed by atoms with Gasteiger partial charge in [0.1, 0.15) is 13.2 Å². The van der Waals surface area contributed by atoms with Gasteiger partial charge < -0.3 is 20.5 Å². The topological polar surface area (TPSA) is 73.6 Å². The van der Waals surface area contributed by atoms with E-state index >= 15 is 0 Å². The quantitative estimate of drug-likeness (QED) is 0.762. The molecule has 0 saturated heterocycles. The zero-order valence-corrected chi connectivity index (χ0v) is 10.3. The monoisotopic (exact) mass is 250 g/mol. The molecule has 0 fully saturated rings. The van der Waals surface area contributed by atoms with Gasteiger partial charge in [-0.1, -0.05) is 0 Å². The molecule has 98 valence electrons. The minimum atomic E-state index is -0.0935.